The molecule has 0 radical (unpaired) electrons. The number of benzene rings is 2. The summed E-state index contributed by atoms with van der Waals surface area (Å²) in [5.74, 6) is -1.07. The first kappa shape index (κ1) is 21.0. The number of amides is 1. The second-order valence-corrected chi connectivity index (χ2v) is 7.11. The Morgan fingerprint density at radius 1 is 1.17 bits per heavy atom. The molecule has 0 N–H and O–H groups in total. The molecule has 3 rings (SSSR count). The van der Waals surface area contributed by atoms with Crippen molar-refractivity contribution >= 4 is 28.8 Å². The molecule has 1 aliphatic heterocycles. The number of carbonyl (C=O) groups excluding carboxylic acids is 2. The molecule has 0 saturated carbocycles. The first-order valence-electron chi connectivity index (χ1n) is 9.52. The molecule has 0 unspecified atom stereocenters. The van der Waals surface area contributed by atoms with Crippen molar-refractivity contribution in [2.75, 3.05) is 38.7 Å². The summed E-state index contributed by atoms with van der Waals surface area (Å²) < 4.78 is 5.18. The second kappa shape index (κ2) is 9.21. The van der Waals surface area contributed by atoms with Crippen LogP contribution in [0.2, 0.25) is 0 Å². The van der Waals surface area contributed by atoms with Gasteiger partial charge in [-0.3, -0.25) is 14.9 Å². The summed E-state index contributed by atoms with van der Waals surface area (Å²) in [4.78, 5) is 38.7. The molecule has 1 amide bonds. The number of nitro benzene ring substituents is 1. The molecule has 0 fully saturated rings. The zero-order valence-electron chi connectivity index (χ0n) is 16.9. The number of ether oxygens (including phenoxy) is 1. The SMILES string of the molecule is CN(C)c1ccc([N+](=O)[O-])cc1C(=O)OCC(=O)N1CC=C(c2ccccc2)CC1. The Hall–Kier alpha value is -3.68. The van der Waals surface area contributed by atoms with E-state index >= 15 is 0 Å². The average Bonchev–Trinajstić information content (AvgIpc) is 2.77. The molecule has 1 aliphatic rings. The normalized spacial score (nSPS) is 13.4. The van der Waals surface area contributed by atoms with Gasteiger partial charge >= 0.3 is 5.97 Å². The van der Waals surface area contributed by atoms with Gasteiger partial charge < -0.3 is 14.5 Å². The fourth-order valence-electron chi connectivity index (χ4n) is 3.30. The molecule has 0 atom stereocenters. The van der Waals surface area contributed by atoms with Gasteiger partial charge in [0.1, 0.15) is 0 Å². The minimum absolute atomic E-state index is 0.0481. The Kier molecular flexibility index (Phi) is 6.46. The van der Waals surface area contributed by atoms with Gasteiger partial charge in [0.25, 0.3) is 11.6 Å². The predicted molar refractivity (Wildman–Crippen MR) is 113 cm³/mol. The van der Waals surface area contributed by atoms with Gasteiger partial charge in [0.15, 0.2) is 6.61 Å². The van der Waals surface area contributed by atoms with Crippen LogP contribution in [-0.4, -0.2) is 55.5 Å². The van der Waals surface area contributed by atoms with Crippen molar-refractivity contribution in [3.05, 3.63) is 75.8 Å². The molecule has 8 heteroatoms. The standard InChI is InChI=1S/C22H23N3O5/c1-23(2)20-9-8-18(25(28)29)14-19(20)22(27)30-15-21(26)24-12-10-17(11-13-24)16-6-4-3-5-7-16/h3-10,14H,11-13,15H2,1-2H3. The number of rotatable bonds is 6. The highest BCUT2D eigenvalue weighted by molar-refractivity contribution is 5.97. The smallest absolute Gasteiger partial charge is 0.341 e. The molecule has 0 bridgehead atoms. The van der Waals surface area contributed by atoms with Crippen molar-refractivity contribution in [3.63, 3.8) is 0 Å². The van der Waals surface area contributed by atoms with Crippen molar-refractivity contribution in [2.45, 2.75) is 6.42 Å². The van der Waals surface area contributed by atoms with Crippen LogP contribution in [0.4, 0.5) is 11.4 Å². The van der Waals surface area contributed by atoms with E-state index in [4.69, 9.17) is 4.74 Å². The second-order valence-electron chi connectivity index (χ2n) is 7.11. The number of nitrogens with zero attached hydrogens (tertiary/aromatic N) is 3. The highest BCUT2D eigenvalue weighted by atomic mass is 16.6. The van der Waals surface area contributed by atoms with Gasteiger partial charge in [0, 0.05) is 39.3 Å². The highest BCUT2D eigenvalue weighted by Crippen LogP contribution is 2.25. The number of anilines is 1. The van der Waals surface area contributed by atoms with Gasteiger partial charge in [-0.2, -0.15) is 0 Å². The van der Waals surface area contributed by atoms with Gasteiger partial charge in [0.05, 0.1) is 16.2 Å². The first-order valence-corrected chi connectivity index (χ1v) is 9.52. The molecular weight excluding hydrogens is 386 g/mol. The Labute approximate surface area is 174 Å². The molecule has 156 valence electrons. The van der Waals surface area contributed by atoms with Gasteiger partial charge in [-0.05, 0) is 23.6 Å². The minimum Gasteiger partial charge on any atom is -0.452 e. The van der Waals surface area contributed by atoms with Crippen LogP contribution >= 0.6 is 0 Å². The van der Waals surface area contributed by atoms with Crippen LogP contribution in [0.25, 0.3) is 5.57 Å². The monoisotopic (exact) mass is 409 g/mol. The quantitative estimate of drug-likeness (QED) is 0.413. The number of hydrogen-bond acceptors (Lipinski definition) is 6. The minimum atomic E-state index is -0.770. The van der Waals surface area contributed by atoms with Crippen molar-refractivity contribution in [3.8, 4) is 0 Å². The molecule has 0 spiro atoms. The number of carbonyl (C=O) groups is 2. The van der Waals surface area contributed by atoms with Gasteiger partial charge in [-0.25, -0.2) is 4.79 Å². The molecule has 2 aromatic rings. The summed E-state index contributed by atoms with van der Waals surface area (Å²) in [7, 11) is 3.43. The molecule has 0 saturated heterocycles. The number of hydrogen-bond donors (Lipinski definition) is 0. The van der Waals surface area contributed by atoms with E-state index in [0.717, 1.165) is 18.1 Å². The number of nitro groups is 1. The van der Waals surface area contributed by atoms with Crippen LogP contribution in [0.1, 0.15) is 22.3 Å². The number of esters is 1. The van der Waals surface area contributed by atoms with Gasteiger partial charge in [0.2, 0.25) is 0 Å². The maximum Gasteiger partial charge on any atom is 0.341 e. The summed E-state index contributed by atoms with van der Waals surface area (Å²) in [6.45, 7) is 0.570. The van der Waals surface area contributed by atoms with Crippen molar-refractivity contribution in [1.29, 1.82) is 0 Å². The summed E-state index contributed by atoms with van der Waals surface area (Å²) in [5.41, 5.74) is 2.63. The maximum absolute atomic E-state index is 12.5. The van der Waals surface area contributed by atoms with Crippen LogP contribution in [0.5, 0.6) is 0 Å². The van der Waals surface area contributed by atoms with Crippen molar-refractivity contribution in [2.24, 2.45) is 0 Å². The fraction of sp³-hybridized carbons (Fsp3) is 0.273. The van der Waals surface area contributed by atoms with Crippen molar-refractivity contribution < 1.29 is 19.2 Å². The summed E-state index contributed by atoms with van der Waals surface area (Å²) in [6, 6.07) is 13.9. The Balaban J connectivity index is 1.63. The van der Waals surface area contributed by atoms with E-state index in [-0.39, 0.29) is 17.2 Å². The van der Waals surface area contributed by atoms with E-state index in [1.807, 2.05) is 36.4 Å². The zero-order chi connectivity index (χ0) is 21.7. The lowest BCUT2D eigenvalue weighted by Crippen LogP contribution is -2.37. The third-order valence-electron chi connectivity index (χ3n) is 4.93. The predicted octanol–water partition coefficient (Wildman–Crippen LogP) is 3.13. The zero-order valence-corrected chi connectivity index (χ0v) is 16.9. The Morgan fingerprint density at radius 3 is 2.50 bits per heavy atom. The third kappa shape index (κ3) is 4.83. The largest absolute Gasteiger partial charge is 0.452 e. The first-order chi connectivity index (χ1) is 14.4. The van der Waals surface area contributed by atoms with E-state index in [0.29, 0.717) is 18.8 Å². The molecule has 0 aliphatic carbocycles. The molecule has 8 nitrogen and oxygen atoms in total. The molecule has 0 aromatic heterocycles. The average molecular weight is 409 g/mol. The van der Waals surface area contributed by atoms with E-state index in [2.05, 4.69) is 0 Å². The molecule has 30 heavy (non-hydrogen) atoms. The fourth-order valence-corrected chi connectivity index (χ4v) is 3.30. The van der Waals surface area contributed by atoms with E-state index in [1.54, 1.807) is 23.9 Å². The van der Waals surface area contributed by atoms with E-state index in [9.17, 15) is 19.7 Å². The van der Waals surface area contributed by atoms with Gasteiger partial charge in [-0.1, -0.05) is 36.4 Å². The number of non-ortho nitro benzene ring substituents is 1. The summed E-state index contributed by atoms with van der Waals surface area (Å²) in [5, 5.41) is 11.0. The molecular formula is C22H23N3O5. The lowest BCUT2D eigenvalue weighted by Gasteiger charge is -2.26. The van der Waals surface area contributed by atoms with Gasteiger partial charge in [-0.15, -0.1) is 0 Å². The van der Waals surface area contributed by atoms with Crippen molar-refractivity contribution in [1.82, 2.24) is 4.90 Å². The topological polar surface area (TPSA) is 93.0 Å². The maximum atomic E-state index is 12.5. The van der Waals surface area contributed by atoms with Crippen LogP contribution in [0.15, 0.2) is 54.6 Å². The third-order valence-corrected chi connectivity index (χ3v) is 4.93. The lowest BCUT2D eigenvalue weighted by molar-refractivity contribution is -0.384. The van der Waals surface area contributed by atoms with Crippen LogP contribution in [-0.2, 0) is 9.53 Å². The van der Waals surface area contributed by atoms with Crippen LogP contribution in [0, 0.1) is 10.1 Å². The Bertz CT molecular complexity index is 986. The van der Waals surface area contributed by atoms with E-state index in [1.165, 1.54) is 17.7 Å². The highest BCUT2D eigenvalue weighted by Gasteiger charge is 2.22. The summed E-state index contributed by atoms with van der Waals surface area (Å²) >= 11 is 0. The molecule has 2 aromatic carbocycles. The van der Waals surface area contributed by atoms with E-state index < -0.39 is 17.5 Å². The van der Waals surface area contributed by atoms with Crippen LogP contribution < -0.4 is 4.90 Å². The summed E-state index contributed by atoms with van der Waals surface area (Å²) in [6.07, 6.45) is 2.72. The molecule has 1 heterocycles. The van der Waals surface area contributed by atoms with Crippen LogP contribution in [0.3, 0.4) is 0 Å². The Morgan fingerprint density at radius 2 is 1.90 bits per heavy atom. The lowest BCUT2D eigenvalue weighted by atomic mass is 10.00.